The fourth-order valence-corrected chi connectivity index (χ4v) is 2.79. The van der Waals surface area contributed by atoms with Crippen LogP contribution in [0.15, 0.2) is 30.5 Å². The molecule has 0 aliphatic carbocycles. The Hall–Kier alpha value is -3.54. The number of aromatic nitrogens is 1. The van der Waals surface area contributed by atoms with Crippen molar-refractivity contribution < 1.29 is 18.4 Å². The first-order chi connectivity index (χ1) is 12.9. The molecule has 0 radical (unpaired) electrons. The van der Waals surface area contributed by atoms with Gasteiger partial charge in [0.25, 0.3) is 0 Å². The molecule has 1 atom stereocenters. The Balaban J connectivity index is 1.66. The summed E-state index contributed by atoms with van der Waals surface area (Å²) in [6.07, 6.45) is 0.864. The fourth-order valence-electron chi connectivity index (χ4n) is 2.79. The van der Waals surface area contributed by atoms with Crippen LogP contribution in [0.2, 0.25) is 0 Å². The van der Waals surface area contributed by atoms with Crippen LogP contribution in [0.25, 0.3) is 0 Å². The summed E-state index contributed by atoms with van der Waals surface area (Å²) in [6.45, 7) is 1.39. The van der Waals surface area contributed by atoms with E-state index in [2.05, 4.69) is 15.6 Å². The molecule has 3 rings (SSSR count). The molecule has 2 heterocycles. The van der Waals surface area contributed by atoms with Crippen molar-refractivity contribution in [1.29, 1.82) is 5.26 Å². The average molecular weight is 371 g/mol. The van der Waals surface area contributed by atoms with Crippen molar-refractivity contribution in [2.24, 2.45) is 0 Å². The maximum Gasteiger partial charge on any atom is 0.322 e. The first-order valence-electron chi connectivity index (χ1n) is 8.06. The topological polar surface area (TPSA) is 98.1 Å². The van der Waals surface area contributed by atoms with E-state index in [9.17, 15) is 18.4 Å². The summed E-state index contributed by atoms with van der Waals surface area (Å²) < 4.78 is 26.7. The number of nitriles is 1. The number of carbonyl (C=O) groups excluding carboxylic acids is 2. The number of nitrogens with one attached hydrogen (secondary N) is 2. The minimum Gasteiger partial charge on any atom is -0.346 e. The number of fused-ring (bicyclic) bond motifs is 1. The predicted molar refractivity (Wildman–Crippen MR) is 91.3 cm³/mol. The van der Waals surface area contributed by atoms with Crippen LogP contribution in [0.3, 0.4) is 0 Å². The third-order valence-electron chi connectivity index (χ3n) is 4.08. The maximum atomic E-state index is 13.8. The van der Waals surface area contributed by atoms with E-state index in [1.165, 1.54) is 11.8 Å². The molecule has 7 nitrogen and oxygen atoms in total. The normalized spacial score (nSPS) is 14.0. The molecule has 0 unspecified atom stereocenters. The number of pyridine rings is 1. The zero-order valence-corrected chi connectivity index (χ0v) is 14.3. The van der Waals surface area contributed by atoms with Gasteiger partial charge in [-0.1, -0.05) is 0 Å². The lowest BCUT2D eigenvalue weighted by Crippen LogP contribution is -2.45. The van der Waals surface area contributed by atoms with Gasteiger partial charge < -0.3 is 15.5 Å². The summed E-state index contributed by atoms with van der Waals surface area (Å²) in [5.41, 5.74) is 1.64. The highest BCUT2D eigenvalue weighted by molar-refractivity contribution is 5.95. The minimum absolute atomic E-state index is 0.100. The van der Waals surface area contributed by atoms with Crippen LogP contribution in [-0.2, 0) is 11.3 Å². The van der Waals surface area contributed by atoms with Gasteiger partial charge in [0.1, 0.15) is 18.2 Å². The Kier molecular flexibility index (Phi) is 4.98. The molecule has 0 saturated carbocycles. The van der Waals surface area contributed by atoms with E-state index in [0.29, 0.717) is 22.9 Å². The number of benzene rings is 1. The van der Waals surface area contributed by atoms with Crippen LogP contribution in [0.5, 0.6) is 0 Å². The van der Waals surface area contributed by atoms with Crippen molar-refractivity contribution in [2.45, 2.75) is 19.5 Å². The molecule has 2 N–H and O–H groups in total. The standard InChI is InChI=1S/C18H15F2N5O2/c1-10(17-14(20)5-13(19)7-22-17)23-16(26)9-25-8-12-4-11(6-21)2-3-15(12)24-18(25)27/h2-5,7,10H,8-9H2,1H3,(H,23,26)(H,24,27)/t10-/m1/s1. The van der Waals surface area contributed by atoms with E-state index in [1.54, 1.807) is 18.2 Å². The fraction of sp³-hybridized carbons (Fsp3) is 0.222. The first kappa shape index (κ1) is 18.3. The third kappa shape index (κ3) is 4.00. The zero-order chi connectivity index (χ0) is 19.6. The molecule has 1 aromatic heterocycles. The van der Waals surface area contributed by atoms with E-state index in [-0.39, 0.29) is 18.8 Å². The summed E-state index contributed by atoms with van der Waals surface area (Å²) in [6, 6.07) is 6.31. The molecule has 0 saturated heterocycles. The van der Waals surface area contributed by atoms with E-state index in [0.717, 1.165) is 6.20 Å². The van der Waals surface area contributed by atoms with Gasteiger partial charge in [0.15, 0.2) is 0 Å². The van der Waals surface area contributed by atoms with Gasteiger partial charge in [0.2, 0.25) is 5.91 Å². The molecule has 3 amide bonds. The Morgan fingerprint density at radius 3 is 2.93 bits per heavy atom. The summed E-state index contributed by atoms with van der Waals surface area (Å²) >= 11 is 0. The number of hydrogen-bond acceptors (Lipinski definition) is 4. The predicted octanol–water partition coefficient (Wildman–Crippen LogP) is 2.46. The van der Waals surface area contributed by atoms with Crippen molar-refractivity contribution in [1.82, 2.24) is 15.2 Å². The smallest absolute Gasteiger partial charge is 0.322 e. The Labute approximate surface area is 153 Å². The average Bonchev–Trinajstić information content (AvgIpc) is 2.61. The molecular weight excluding hydrogens is 356 g/mol. The number of halogens is 2. The highest BCUT2D eigenvalue weighted by Crippen LogP contribution is 2.24. The van der Waals surface area contributed by atoms with E-state index in [1.807, 2.05) is 6.07 Å². The van der Waals surface area contributed by atoms with Crippen molar-refractivity contribution in [3.05, 3.63) is 58.9 Å². The van der Waals surface area contributed by atoms with Crippen LogP contribution >= 0.6 is 0 Å². The van der Waals surface area contributed by atoms with Gasteiger partial charge in [-0.2, -0.15) is 5.26 Å². The Morgan fingerprint density at radius 1 is 1.44 bits per heavy atom. The van der Waals surface area contributed by atoms with Crippen molar-refractivity contribution in [3.63, 3.8) is 0 Å². The van der Waals surface area contributed by atoms with Gasteiger partial charge >= 0.3 is 6.03 Å². The van der Waals surface area contributed by atoms with Gasteiger partial charge in [0, 0.05) is 11.8 Å². The molecular formula is C18H15F2N5O2. The second-order valence-corrected chi connectivity index (χ2v) is 6.08. The Bertz CT molecular complexity index is 957. The lowest BCUT2D eigenvalue weighted by atomic mass is 10.1. The van der Waals surface area contributed by atoms with Crippen molar-refractivity contribution in [2.75, 3.05) is 11.9 Å². The molecule has 138 valence electrons. The van der Waals surface area contributed by atoms with Crippen LogP contribution in [0.1, 0.15) is 29.8 Å². The number of urea groups is 1. The highest BCUT2D eigenvalue weighted by Gasteiger charge is 2.25. The van der Waals surface area contributed by atoms with Gasteiger partial charge in [-0.05, 0) is 30.7 Å². The van der Waals surface area contributed by atoms with Crippen LogP contribution in [0, 0.1) is 23.0 Å². The molecule has 1 aliphatic rings. The molecule has 27 heavy (non-hydrogen) atoms. The number of nitrogens with zero attached hydrogens (tertiary/aromatic N) is 3. The first-order valence-corrected chi connectivity index (χ1v) is 8.06. The number of rotatable bonds is 4. The van der Waals surface area contributed by atoms with Crippen LogP contribution < -0.4 is 10.6 Å². The minimum atomic E-state index is -0.864. The number of amides is 3. The van der Waals surface area contributed by atoms with E-state index < -0.39 is 29.6 Å². The molecule has 9 heteroatoms. The third-order valence-corrected chi connectivity index (χ3v) is 4.08. The van der Waals surface area contributed by atoms with Crippen LogP contribution in [-0.4, -0.2) is 28.4 Å². The highest BCUT2D eigenvalue weighted by atomic mass is 19.1. The summed E-state index contributed by atoms with van der Waals surface area (Å²) in [5.74, 6) is -2.20. The lowest BCUT2D eigenvalue weighted by Gasteiger charge is -2.29. The summed E-state index contributed by atoms with van der Waals surface area (Å²) in [7, 11) is 0. The quantitative estimate of drug-likeness (QED) is 0.863. The second-order valence-electron chi connectivity index (χ2n) is 6.08. The Morgan fingerprint density at radius 2 is 2.22 bits per heavy atom. The number of hydrogen-bond donors (Lipinski definition) is 2. The molecule has 2 aromatic rings. The van der Waals surface area contributed by atoms with Crippen molar-refractivity contribution in [3.8, 4) is 6.07 Å². The maximum absolute atomic E-state index is 13.8. The second kappa shape index (κ2) is 7.37. The lowest BCUT2D eigenvalue weighted by molar-refractivity contribution is -0.122. The molecule has 0 spiro atoms. The number of carbonyl (C=O) groups is 2. The van der Waals surface area contributed by atoms with Crippen LogP contribution in [0.4, 0.5) is 19.3 Å². The molecule has 0 bridgehead atoms. The molecule has 0 fully saturated rings. The zero-order valence-electron chi connectivity index (χ0n) is 14.3. The van der Waals surface area contributed by atoms with E-state index in [4.69, 9.17) is 5.26 Å². The van der Waals surface area contributed by atoms with Gasteiger partial charge in [0.05, 0.1) is 36.1 Å². The summed E-state index contributed by atoms with van der Waals surface area (Å²) in [4.78, 5) is 29.3. The van der Waals surface area contributed by atoms with Gasteiger partial charge in [-0.15, -0.1) is 0 Å². The number of anilines is 1. The van der Waals surface area contributed by atoms with E-state index >= 15 is 0 Å². The molecule has 1 aliphatic heterocycles. The van der Waals surface area contributed by atoms with Gasteiger partial charge in [-0.25, -0.2) is 13.6 Å². The van der Waals surface area contributed by atoms with Gasteiger partial charge in [-0.3, -0.25) is 9.78 Å². The largest absolute Gasteiger partial charge is 0.346 e. The van der Waals surface area contributed by atoms with Crippen molar-refractivity contribution >= 4 is 17.6 Å². The monoisotopic (exact) mass is 371 g/mol. The summed E-state index contributed by atoms with van der Waals surface area (Å²) in [5, 5.41) is 14.2. The molecule has 1 aromatic carbocycles. The SMILES string of the molecule is C[C@@H](NC(=O)CN1Cc2cc(C#N)ccc2NC1=O)c1ncc(F)cc1F.